The van der Waals surface area contributed by atoms with Crippen LogP contribution in [0.2, 0.25) is 0 Å². The van der Waals surface area contributed by atoms with Crippen LogP contribution < -0.4 is 10.6 Å². The van der Waals surface area contributed by atoms with Crippen molar-refractivity contribution in [3.63, 3.8) is 0 Å². The van der Waals surface area contributed by atoms with Gasteiger partial charge in [-0.1, -0.05) is 12.8 Å². The summed E-state index contributed by atoms with van der Waals surface area (Å²) in [4.78, 5) is 6.98. The first-order chi connectivity index (χ1) is 10.7. The number of nitrogens with zero attached hydrogens (tertiary/aromatic N) is 2. The quantitative estimate of drug-likeness (QED) is 0.447. The summed E-state index contributed by atoms with van der Waals surface area (Å²) in [6.45, 7) is 8.20. The van der Waals surface area contributed by atoms with Crippen LogP contribution in [0.15, 0.2) is 4.99 Å². The zero-order valence-electron chi connectivity index (χ0n) is 14.5. The van der Waals surface area contributed by atoms with E-state index in [2.05, 4.69) is 39.2 Å². The number of hydrogen-bond acceptors (Lipinski definition) is 3. The molecule has 2 aliphatic heterocycles. The third kappa shape index (κ3) is 6.37. The van der Waals surface area contributed by atoms with E-state index in [0.29, 0.717) is 4.75 Å². The summed E-state index contributed by atoms with van der Waals surface area (Å²) in [6.07, 6.45) is 9.47. The van der Waals surface area contributed by atoms with Gasteiger partial charge in [-0.3, -0.25) is 4.99 Å². The monoisotopic (exact) mass is 326 g/mol. The first-order valence-corrected chi connectivity index (χ1v) is 10.0. The zero-order chi connectivity index (χ0) is 15.7. The molecule has 0 aromatic heterocycles. The van der Waals surface area contributed by atoms with Crippen LogP contribution in [-0.2, 0) is 0 Å². The average Bonchev–Trinajstić information content (AvgIpc) is 2.80. The number of rotatable bonds is 6. The molecule has 2 heterocycles. The Bertz CT molecular complexity index is 332. The molecule has 4 nitrogen and oxygen atoms in total. The van der Waals surface area contributed by atoms with Crippen molar-refractivity contribution in [2.45, 2.75) is 56.6 Å². The fraction of sp³-hybridized carbons (Fsp3) is 0.941. The Morgan fingerprint density at radius 2 is 1.91 bits per heavy atom. The van der Waals surface area contributed by atoms with Gasteiger partial charge in [0.15, 0.2) is 5.96 Å². The number of aliphatic imine (C=N–C) groups is 1. The molecular weight excluding hydrogens is 292 g/mol. The number of thioether (sulfide) groups is 1. The summed E-state index contributed by atoms with van der Waals surface area (Å²) in [5.41, 5.74) is 0. The lowest BCUT2D eigenvalue weighted by Crippen LogP contribution is -2.44. The summed E-state index contributed by atoms with van der Waals surface area (Å²) in [6, 6.07) is 0. The van der Waals surface area contributed by atoms with Crippen LogP contribution in [-0.4, -0.2) is 61.1 Å². The largest absolute Gasteiger partial charge is 0.356 e. The van der Waals surface area contributed by atoms with E-state index in [1.54, 1.807) is 0 Å². The Balaban J connectivity index is 1.57. The van der Waals surface area contributed by atoms with Crippen molar-refractivity contribution in [1.82, 2.24) is 15.5 Å². The molecule has 5 heteroatoms. The Hall–Kier alpha value is -0.420. The van der Waals surface area contributed by atoms with E-state index in [0.717, 1.165) is 19.0 Å². The molecule has 0 aromatic carbocycles. The Labute approximate surface area is 140 Å². The predicted octanol–water partition coefficient (Wildman–Crippen LogP) is 2.70. The highest BCUT2D eigenvalue weighted by Gasteiger charge is 2.29. The zero-order valence-corrected chi connectivity index (χ0v) is 15.3. The molecule has 1 unspecified atom stereocenters. The van der Waals surface area contributed by atoms with Gasteiger partial charge in [-0.15, -0.1) is 0 Å². The molecule has 2 rings (SSSR count). The maximum Gasteiger partial charge on any atom is 0.191 e. The van der Waals surface area contributed by atoms with Gasteiger partial charge in [0.05, 0.1) is 0 Å². The summed E-state index contributed by atoms with van der Waals surface area (Å²) < 4.78 is 0.393. The Morgan fingerprint density at radius 3 is 2.55 bits per heavy atom. The van der Waals surface area contributed by atoms with Crippen molar-refractivity contribution in [3.8, 4) is 0 Å². The van der Waals surface area contributed by atoms with Crippen LogP contribution in [0.1, 0.15) is 51.9 Å². The van der Waals surface area contributed by atoms with Crippen molar-refractivity contribution in [2.75, 3.05) is 45.5 Å². The maximum atomic E-state index is 4.35. The van der Waals surface area contributed by atoms with Crippen molar-refractivity contribution in [1.29, 1.82) is 0 Å². The second kappa shape index (κ2) is 9.66. The van der Waals surface area contributed by atoms with Gasteiger partial charge in [-0.25, -0.2) is 0 Å². The van der Waals surface area contributed by atoms with Crippen LogP contribution in [0, 0.1) is 0 Å². The molecule has 0 amide bonds. The summed E-state index contributed by atoms with van der Waals surface area (Å²) in [5.74, 6) is 2.27. The van der Waals surface area contributed by atoms with Crippen LogP contribution in [0.3, 0.4) is 0 Å². The normalized spacial score (nSPS) is 27.6. The molecule has 2 fully saturated rings. The lowest BCUT2D eigenvalue weighted by Gasteiger charge is -2.24. The van der Waals surface area contributed by atoms with Gasteiger partial charge < -0.3 is 15.5 Å². The van der Waals surface area contributed by atoms with Crippen LogP contribution in [0.25, 0.3) is 0 Å². The van der Waals surface area contributed by atoms with Crippen molar-refractivity contribution in [2.24, 2.45) is 4.99 Å². The highest BCUT2D eigenvalue weighted by atomic mass is 32.2. The summed E-state index contributed by atoms with van der Waals surface area (Å²) in [7, 11) is 1.87. The molecule has 2 saturated heterocycles. The predicted molar refractivity (Wildman–Crippen MR) is 99.0 cm³/mol. The van der Waals surface area contributed by atoms with Crippen molar-refractivity contribution < 1.29 is 0 Å². The lowest BCUT2D eigenvalue weighted by atomic mass is 10.1. The molecule has 0 spiro atoms. The van der Waals surface area contributed by atoms with Gasteiger partial charge >= 0.3 is 0 Å². The summed E-state index contributed by atoms with van der Waals surface area (Å²) >= 11 is 2.09. The van der Waals surface area contributed by atoms with Gasteiger partial charge in [0.1, 0.15) is 0 Å². The van der Waals surface area contributed by atoms with E-state index in [-0.39, 0.29) is 0 Å². The van der Waals surface area contributed by atoms with Crippen LogP contribution >= 0.6 is 11.8 Å². The van der Waals surface area contributed by atoms with Crippen molar-refractivity contribution >= 4 is 17.7 Å². The smallest absolute Gasteiger partial charge is 0.191 e. The van der Waals surface area contributed by atoms with Gasteiger partial charge in [-0.2, -0.15) is 11.8 Å². The number of guanidine groups is 1. The van der Waals surface area contributed by atoms with Gasteiger partial charge in [0.25, 0.3) is 0 Å². The highest BCUT2D eigenvalue weighted by Crippen LogP contribution is 2.36. The van der Waals surface area contributed by atoms with E-state index < -0.39 is 0 Å². The molecule has 0 radical (unpaired) electrons. The second-order valence-corrected chi connectivity index (χ2v) is 8.55. The molecule has 0 aromatic rings. The number of hydrogen-bond donors (Lipinski definition) is 2. The number of likely N-dealkylation sites (tertiary alicyclic amines) is 1. The van der Waals surface area contributed by atoms with E-state index in [1.807, 2.05) is 7.05 Å². The topological polar surface area (TPSA) is 39.7 Å². The fourth-order valence-electron chi connectivity index (χ4n) is 3.34. The lowest BCUT2D eigenvalue weighted by molar-refractivity contribution is 0.282. The van der Waals surface area contributed by atoms with Crippen molar-refractivity contribution in [3.05, 3.63) is 0 Å². The first kappa shape index (κ1) is 17.9. The van der Waals surface area contributed by atoms with Crippen LogP contribution in [0.4, 0.5) is 0 Å². The van der Waals surface area contributed by atoms with Gasteiger partial charge in [0, 0.05) is 24.9 Å². The molecule has 2 aliphatic rings. The van der Waals surface area contributed by atoms with E-state index >= 15 is 0 Å². The summed E-state index contributed by atoms with van der Waals surface area (Å²) in [5, 5.41) is 6.97. The van der Waals surface area contributed by atoms with E-state index in [1.165, 1.54) is 70.3 Å². The third-order valence-electron chi connectivity index (χ3n) is 4.80. The Morgan fingerprint density at radius 1 is 1.14 bits per heavy atom. The molecule has 2 N–H and O–H groups in total. The standard InChI is InChI=1S/C17H34N4S/c1-17(9-7-14-22-17)15-20-16(18-2)19-10-8-13-21-11-5-3-4-6-12-21/h3-15H2,1-2H3,(H2,18,19,20). The first-order valence-electron chi connectivity index (χ1n) is 9.03. The number of nitrogens with one attached hydrogen (secondary N) is 2. The maximum absolute atomic E-state index is 4.35. The molecule has 1 atom stereocenters. The third-order valence-corrected chi connectivity index (χ3v) is 6.33. The van der Waals surface area contributed by atoms with Gasteiger partial charge in [-0.05, 0) is 64.4 Å². The molecular formula is C17H34N4S. The minimum Gasteiger partial charge on any atom is -0.356 e. The molecule has 0 saturated carbocycles. The van der Waals surface area contributed by atoms with Crippen LogP contribution in [0.5, 0.6) is 0 Å². The van der Waals surface area contributed by atoms with E-state index in [4.69, 9.17) is 0 Å². The molecule has 128 valence electrons. The molecule has 0 aliphatic carbocycles. The average molecular weight is 327 g/mol. The second-order valence-electron chi connectivity index (χ2n) is 6.86. The SMILES string of the molecule is CN=C(NCCCN1CCCCCC1)NCC1(C)CCCS1. The van der Waals surface area contributed by atoms with E-state index in [9.17, 15) is 0 Å². The molecule has 0 bridgehead atoms. The fourth-order valence-corrected chi connectivity index (χ4v) is 4.58. The molecule has 22 heavy (non-hydrogen) atoms. The minimum absolute atomic E-state index is 0.393. The Kier molecular flexibility index (Phi) is 7.87. The highest BCUT2D eigenvalue weighted by molar-refractivity contribution is 8.00. The minimum atomic E-state index is 0.393. The van der Waals surface area contributed by atoms with Gasteiger partial charge in [0.2, 0.25) is 0 Å².